The van der Waals surface area contributed by atoms with Crippen molar-refractivity contribution in [3.8, 4) is 0 Å². The van der Waals surface area contributed by atoms with Crippen molar-refractivity contribution in [3.05, 3.63) is 65.1 Å². The normalized spacial score (nSPS) is 11.0. The van der Waals surface area contributed by atoms with E-state index in [4.69, 9.17) is 0 Å². The first-order valence-electron chi connectivity index (χ1n) is 8.05. The van der Waals surface area contributed by atoms with Crippen LogP contribution in [0.4, 0.5) is 10.1 Å². The lowest BCUT2D eigenvalue weighted by Gasteiger charge is -2.13. The first kappa shape index (κ1) is 16.2. The summed E-state index contributed by atoms with van der Waals surface area (Å²) in [5.41, 5.74) is 4.59. The lowest BCUT2D eigenvalue weighted by atomic mass is 10.1. The topological polar surface area (TPSA) is 25.2 Å². The van der Waals surface area contributed by atoms with E-state index in [1.54, 1.807) is 4.57 Å². The van der Waals surface area contributed by atoms with E-state index in [1.807, 2.05) is 38.1 Å². The first-order valence-corrected chi connectivity index (χ1v) is 8.05. The molecule has 1 heterocycles. The van der Waals surface area contributed by atoms with Crippen LogP contribution >= 0.6 is 0 Å². The third-order valence-electron chi connectivity index (χ3n) is 4.48. The summed E-state index contributed by atoms with van der Waals surface area (Å²) in [6.07, 6.45) is 0.850. The number of halogens is 1. The molecule has 4 heteroatoms. The van der Waals surface area contributed by atoms with E-state index < -0.39 is 0 Å². The first-order chi connectivity index (χ1) is 11.4. The van der Waals surface area contributed by atoms with E-state index in [0.717, 1.165) is 28.7 Å². The predicted octanol–water partition coefficient (Wildman–Crippen LogP) is 4.41. The highest BCUT2D eigenvalue weighted by molar-refractivity contribution is 6.04. The summed E-state index contributed by atoms with van der Waals surface area (Å²) >= 11 is 0. The van der Waals surface area contributed by atoms with Gasteiger partial charge < -0.3 is 4.90 Å². The zero-order valence-electron chi connectivity index (χ0n) is 14.4. The molecule has 3 nitrogen and oxygen atoms in total. The number of nitrogens with zero attached hydrogens (tertiary/aromatic N) is 2. The minimum atomic E-state index is -0.342. The van der Waals surface area contributed by atoms with Gasteiger partial charge in [-0.2, -0.15) is 0 Å². The minimum absolute atomic E-state index is 0.130. The molecule has 24 heavy (non-hydrogen) atoms. The Morgan fingerprint density at radius 2 is 1.79 bits per heavy atom. The molecular weight excluding hydrogens is 303 g/mol. The van der Waals surface area contributed by atoms with Gasteiger partial charge in [0.15, 0.2) is 0 Å². The summed E-state index contributed by atoms with van der Waals surface area (Å²) < 4.78 is 14.9. The van der Waals surface area contributed by atoms with Crippen LogP contribution < -0.4 is 4.90 Å². The summed E-state index contributed by atoms with van der Waals surface area (Å²) in [7, 11) is 4.00. The Balaban J connectivity index is 2.22. The van der Waals surface area contributed by atoms with Crippen LogP contribution in [0.2, 0.25) is 0 Å². The van der Waals surface area contributed by atoms with Crippen molar-refractivity contribution in [2.24, 2.45) is 0 Å². The number of fused-ring (bicyclic) bond motifs is 1. The van der Waals surface area contributed by atoms with Crippen LogP contribution in [0.25, 0.3) is 10.9 Å². The average molecular weight is 324 g/mol. The van der Waals surface area contributed by atoms with Crippen LogP contribution in [-0.2, 0) is 6.42 Å². The summed E-state index contributed by atoms with van der Waals surface area (Å²) in [6.45, 7) is 4.06. The van der Waals surface area contributed by atoms with Crippen molar-refractivity contribution < 1.29 is 9.18 Å². The fraction of sp³-hybridized carbons (Fsp3) is 0.250. The number of aryl methyl sites for hydroxylation is 1. The summed E-state index contributed by atoms with van der Waals surface area (Å²) in [6, 6.07) is 11.8. The Kier molecular flexibility index (Phi) is 4.14. The third-order valence-corrected chi connectivity index (χ3v) is 4.48. The van der Waals surface area contributed by atoms with Crippen molar-refractivity contribution in [1.29, 1.82) is 0 Å². The van der Waals surface area contributed by atoms with Gasteiger partial charge >= 0.3 is 0 Å². The van der Waals surface area contributed by atoms with Crippen molar-refractivity contribution in [3.63, 3.8) is 0 Å². The number of carbonyl (C=O) groups is 1. The van der Waals surface area contributed by atoms with Crippen molar-refractivity contribution in [2.75, 3.05) is 19.0 Å². The highest BCUT2D eigenvalue weighted by atomic mass is 19.1. The van der Waals surface area contributed by atoms with Gasteiger partial charge in [-0.3, -0.25) is 9.36 Å². The molecule has 1 aromatic heterocycles. The fourth-order valence-corrected chi connectivity index (χ4v) is 3.18. The second kappa shape index (κ2) is 6.11. The van der Waals surface area contributed by atoms with Gasteiger partial charge in [-0.15, -0.1) is 0 Å². The average Bonchev–Trinajstić information content (AvgIpc) is 2.85. The van der Waals surface area contributed by atoms with Gasteiger partial charge in [0.25, 0.3) is 5.91 Å². The number of carbonyl (C=O) groups excluding carboxylic acids is 1. The molecule has 124 valence electrons. The Morgan fingerprint density at radius 3 is 2.38 bits per heavy atom. The van der Waals surface area contributed by atoms with Crippen LogP contribution in [0, 0.1) is 12.7 Å². The second-order valence-corrected chi connectivity index (χ2v) is 6.16. The maximum Gasteiger partial charge on any atom is 0.262 e. The standard InChI is InChI=1S/C20H21FN2O/c1-5-17-13(2)23(20(24)14-6-8-15(21)9-7-14)19-11-10-16(22(3)4)12-18(17)19/h6-12H,5H2,1-4H3. The fourth-order valence-electron chi connectivity index (χ4n) is 3.18. The number of anilines is 1. The van der Waals surface area contributed by atoms with Gasteiger partial charge in [-0.1, -0.05) is 6.92 Å². The molecule has 0 N–H and O–H groups in total. The third kappa shape index (κ3) is 2.58. The maximum absolute atomic E-state index is 13.1. The number of hydrogen-bond donors (Lipinski definition) is 0. The molecule has 0 radical (unpaired) electrons. The van der Waals surface area contributed by atoms with Gasteiger partial charge in [0.05, 0.1) is 5.52 Å². The number of aromatic nitrogens is 1. The quantitative estimate of drug-likeness (QED) is 0.713. The molecule has 3 aromatic rings. The highest BCUT2D eigenvalue weighted by Crippen LogP contribution is 2.30. The number of hydrogen-bond acceptors (Lipinski definition) is 2. The van der Waals surface area contributed by atoms with Crippen molar-refractivity contribution in [2.45, 2.75) is 20.3 Å². The van der Waals surface area contributed by atoms with Crippen LogP contribution in [-0.4, -0.2) is 24.6 Å². The molecule has 0 aliphatic heterocycles. The van der Waals surface area contributed by atoms with Gasteiger partial charge in [-0.05, 0) is 61.4 Å². The number of benzene rings is 2. The van der Waals surface area contributed by atoms with Crippen LogP contribution in [0.3, 0.4) is 0 Å². The Morgan fingerprint density at radius 1 is 1.12 bits per heavy atom. The van der Waals surface area contributed by atoms with E-state index in [9.17, 15) is 9.18 Å². The molecule has 2 aromatic carbocycles. The van der Waals surface area contributed by atoms with E-state index in [-0.39, 0.29) is 11.7 Å². The summed E-state index contributed by atoms with van der Waals surface area (Å²) in [4.78, 5) is 15.0. The highest BCUT2D eigenvalue weighted by Gasteiger charge is 2.19. The van der Waals surface area contributed by atoms with E-state index in [0.29, 0.717) is 5.56 Å². The van der Waals surface area contributed by atoms with E-state index in [1.165, 1.54) is 29.8 Å². The number of rotatable bonds is 3. The van der Waals surface area contributed by atoms with Crippen LogP contribution in [0.1, 0.15) is 28.5 Å². The predicted molar refractivity (Wildman–Crippen MR) is 96.5 cm³/mol. The van der Waals surface area contributed by atoms with Gasteiger partial charge in [-0.25, -0.2) is 4.39 Å². The smallest absolute Gasteiger partial charge is 0.262 e. The zero-order valence-corrected chi connectivity index (χ0v) is 14.4. The van der Waals surface area contributed by atoms with E-state index >= 15 is 0 Å². The van der Waals surface area contributed by atoms with Crippen LogP contribution in [0.5, 0.6) is 0 Å². The lowest BCUT2D eigenvalue weighted by Crippen LogP contribution is -2.14. The minimum Gasteiger partial charge on any atom is -0.378 e. The van der Waals surface area contributed by atoms with Gasteiger partial charge in [0.2, 0.25) is 0 Å². The largest absolute Gasteiger partial charge is 0.378 e. The molecule has 0 saturated carbocycles. The second-order valence-electron chi connectivity index (χ2n) is 6.16. The molecule has 0 fully saturated rings. The summed E-state index contributed by atoms with van der Waals surface area (Å²) in [5, 5.41) is 1.09. The molecule has 0 unspecified atom stereocenters. The Hall–Kier alpha value is -2.62. The van der Waals surface area contributed by atoms with Gasteiger partial charge in [0, 0.05) is 36.4 Å². The summed E-state index contributed by atoms with van der Waals surface area (Å²) in [5.74, 6) is -0.472. The van der Waals surface area contributed by atoms with Crippen molar-refractivity contribution in [1.82, 2.24) is 4.57 Å². The molecule has 0 aliphatic carbocycles. The molecular formula is C20H21FN2O. The van der Waals surface area contributed by atoms with Crippen molar-refractivity contribution >= 4 is 22.5 Å². The molecule has 0 spiro atoms. The van der Waals surface area contributed by atoms with Gasteiger partial charge in [0.1, 0.15) is 5.82 Å². The van der Waals surface area contributed by atoms with E-state index in [2.05, 4.69) is 13.0 Å². The van der Waals surface area contributed by atoms with Crippen LogP contribution in [0.15, 0.2) is 42.5 Å². The lowest BCUT2D eigenvalue weighted by molar-refractivity contribution is 0.0963. The molecule has 0 aliphatic rings. The Bertz CT molecular complexity index is 908. The Labute approximate surface area is 141 Å². The maximum atomic E-state index is 13.1. The molecule has 0 saturated heterocycles. The molecule has 0 atom stereocenters. The molecule has 0 bridgehead atoms. The zero-order chi connectivity index (χ0) is 17.4. The molecule has 0 amide bonds. The SMILES string of the molecule is CCc1c(C)n(C(=O)c2ccc(F)cc2)c2ccc(N(C)C)cc12. The monoisotopic (exact) mass is 324 g/mol. The molecule has 3 rings (SSSR count).